The monoisotopic (exact) mass is 526 g/mol. The highest BCUT2D eigenvalue weighted by Gasteiger charge is 2.41. The second-order valence-electron chi connectivity index (χ2n) is 6.96. The Labute approximate surface area is 205 Å². The summed E-state index contributed by atoms with van der Waals surface area (Å²) in [6.07, 6.45) is 1.86. The van der Waals surface area contributed by atoms with E-state index in [2.05, 4.69) is 5.32 Å². The number of hydrogen-bond donors (Lipinski definition) is 2. The predicted molar refractivity (Wildman–Crippen MR) is 132 cm³/mol. The van der Waals surface area contributed by atoms with Gasteiger partial charge in [0.2, 0.25) is 10.0 Å². The molecular weight excluding hydrogens is 511 g/mol. The zero-order chi connectivity index (χ0) is 23.1. The molecule has 0 saturated heterocycles. The topological polar surface area (TPSA) is 81.4 Å². The summed E-state index contributed by atoms with van der Waals surface area (Å²) >= 11 is 20.8. The van der Waals surface area contributed by atoms with Gasteiger partial charge in [0.1, 0.15) is 4.87 Å². The van der Waals surface area contributed by atoms with Crippen LogP contribution in [0.1, 0.15) is 16.7 Å². The first kappa shape index (κ1) is 23.3. The van der Waals surface area contributed by atoms with Gasteiger partial charge in [-0.3, -0.25) is 0 Å². The summed E-state index contributed by atoms with van der Waals surface area (Å²) in [5.41, 5.74) is 2.40. The van der Waals surface area contributed by atoms with Crippen molar-refractivity contribution in [3.63, 3.8) is 0 Å². The van der Waals surface area contributed by atoms with E-state index in [1.807, 2.05) is 24.4 Å². The Hall–Kier alpha value is -1.87. The predicted octanol–water partition coefficient (Wildman–Crippen LogP) is 5.84. The van der Waals surface area contributed by atoms with Crippen molar-refractivity contribution >= 4 is 61.5 Å². The molecule has 3 N–H and O–H groups in total. The molecule has 0 amide bonds. The van der Waals surface area contributed by atoms with Crippen LogP contribution in [-0.2, 0) is 14.9 Å². The number of sulfonamides is 1. The molecule has 3 aromatic rings. The zero-order valence-electron chi connectivity index (χ0n) is 16.6. The lowest BCUT2D eigenvalue weighted by molar-refractivity contribution is 0.415. The van der Waals surface area contributed by atoms with Crippen LogP contribution in [0.15, 0.2) is 71.8 Å². The van der Waals surface area contributed by atoms with Gasteiger partial charge < -0.3 is 10.1 Å². The van der Waals surface area contributed by atoms with Crippen LogP contribution in [0.4, 0.5) is 0 Å². The fraction of sp³-hybridized carbons (Fsp3) is 0.0909. The highest BCUT2D eigenvalue weighted by molar-refractivity contribution is 8.09. The van der Waals surface area contributed by atoms with E-state index in [9.17, 15) is 8.42 Å². The van der Waals surface area contributed by atoms with Gasteiger partial charge in [-0.25, -0.2) is 13.6 Å². The van der Waals surface area contributed by atoms with Crippen LogP contribution in [0.2, 0.25) is 15.1 Å². The molecule has 0 aromatic heterocycles. The molecule has 3 aromatic carbocycles. The molecule has 1 aliphatic heterocycles. The quantitative estimate of drug-likeness (QED) is 0.436. The molecule has 5 nitrogen and oxygen atoms in total. The highest BCUT2D eigenvalue weighted by Crippen LogP contribution is 2.53. The number of halogens is 3. The Morgan fingerprint density at radius 3 is 2.16 bits per heavy atom. The van der Waals surface area contributed by atoms with Crippen molar-refractivity contribution in [3.05, 3.63) is 98.6 Å². The van der Waals surface area contributed by atoms with Gasteiger partial charge in [-0.2, -0.15) is 0 Å². The van der Waals surface area contributed by atoms with Crippen LogP contribution < -0.4 is 15.2 Å². The van der Waals surface area contributed by atoms with Crippen LogP contribution in [0.25, 0.3) is 4.91 Å². The van der Waals surface area contributed by atoms with Crippen LogP contribution in [-0.4, -0.2) is 15.5 Å². The average molecular weight is 528 g/mol. The standard InChI is InChI=1S/C22H17Cl3N2O3S2/c1-30-21-18(24)10-13(11-19(21)25)20-12-27-22(31-20,16-4-2-3-5-17(16)23)14-6-8-15(9-7-14)32(26,28)29/h2-12,27H,1H3,(H2,26,28,29). The Morgan fingerprint density at radius 2 is 1.59 bits per heavy atom. The number of primary sulfonamides is 1. The molecule has 0 fully saturated rings. The van der Waals surface area contributed by atoms with Crippen molar-refractivity contribution in [2.45, 2.75) is 9.77 Å². The van der Waals surface area contributed by atoms with Gasteiger partial charge in [0, 0.05) is 21.7 Å². The van der Waals surface area contributed by atoms with Crippen LogP contribution in [0.5, 0.6) is 5.75 Å². The summed E-state index contributed by atoms with van der Waals surface area (Å²) in [7, 11) is -2.31. The lowest BCUT2D eigenvalue weighted by Crippen LogP contribution is -2.34. The van der Waals surface area contributed by atoms with E-state index < -0.39 is 14.9 Å². The van der Waals surface area contributed by atoms with E-state index in [0.717, 1.165) is 21.6 Å². The van der Waals surface area contributed by atoms with E-state index in [-0.39, 0.29) is 4.90 Å². The smallest absolute Gasteiger partial charge is 0.238 e. The highest BCUT2D eigenvalue weighted by atomic mass is 35.5. The van der Waals surface area contributed by atoms with E-state index >= 15 is 0 Å². The minimum Gasteiger partial charge on any atom is -0.494 e. The Bertz CT molecular complexity index is 1310. The lowest BCUT2D eigenvalue weighted by Gasteiger charge is -2.31. The number of ether oxygens (including phenoxy) is 1. The summed E-state index contributed by atoms with van der Waals surface area (Å²) < 4.78 is 28.7. The van der Waals surface area contributed by atoms with Crippen LogP contribution in [0.3, 0.4) is 0 Å². The number of nitrogens with two attached hydrogens (primary N) is 1. The van der Waals surface area contributed by atoms with E-state index in [0.29, 0.717) is 20.8 Å². The van der Waals surface area contributed by atoms with Crippen molar-refractivity contribution in [2.75, 3.05) is 7.11 Å². The molecule has 0 bridgehead atoms. The van der Waals surface area contributed by atoms with Gasteiger partial charge in [-0.1, -0.05) is 76.9 Å². The summed E-state index contributed by atoms with van der Waals surface area (Å²) in [5.74, 6) is 0.407. The maximum atomic E-state index is 11.7. The number of rotatable bonds is 5. The lowest BCUT2D eigenvalue weighted by atomic mass is 9.98. The number of hydrogen-bond acceptors (Lipinski definition) is 5. The van der Waals surface area contributed by atoms with Gasteiger partial charge in [0.25, 0.3) is 0 Å². The molecule has 1 aliphatic rings. The Balaban J connectivity index is 1.81. The summed E-state index contributed by atoms with van der Waals surface area (Å²) in [4.78, 5) is 0.0797. The minimum atomic E-state index is -3.81. The number of methoxy groups -OCH3 is 1. The van der Waals surface area contributed by atoms with E-state index in [1.54, 1.807) is 30.3 Å². The Kier molecular flexibility index (Phi) is 6.42. The molecule has 0 spiro atoms. The zero-order valence-corrected chi connectivity index (χ0v) is 20.5. The molecule has 1 atom stereocenters. The number of benzene rings is 3. The number of thioether (sulfide) groups is 1. The fourth-order valence-electron chi connectivity index (χ4n) is 3.49. The van der Waals surface area contributed by atoms with Gasteiger partial charge in [-0.15, -0.1) is 0 Å². The van der Waals surface area contributed by atoms with Crippen molar-refractivity contribution in [1.29, 1.82) is 0 Å². The molecule has 1 heterocycles. The largest absolute Gasteiger partial charge is 0.494 e. The molecule has 10 heteroatoms. The molecular formula is C22H17Cl3N2O3S2. The first-order valence-corrected chi connectivity index (χ1v) is 12.7. The third-order valence-electron chi connectivity index (χ3n) is 5.00. The molecule has 32 heavy (non-hydrogen) atoms. The molecule has 1 unspecified atom stereocenters. The molecule has 0 radical (unpaired) electrons. The van der Waals surface area contributed by atoms with Crippen LogP contribution in [0, 0.1) is 0 Å². The first-order valence-electron chi connectivity index (χ1n) is 9.24. The number of nitrogens with one attached hydrogen (secondary N) is 1. The van der Waals surface area contributed by atoms with Gasteiger partial charge in [0.05, 0.1) is 22.1 Å². The molecule has 0 saturated carbocycles. The van der Waals surface area contributed by atoms with Crippen molar-refractivity contribution in [1.82, 2.24) is 5.32 Å². The normalized spacial score (nSPS) is 18.2. The molecule has 4 rings (SSSR count). The van der Waals surface area contributed by atoms with E-state index in [1.165, 1.54) is 31.0 Å². The molecule has 0 aliphatic carbocycles. The van der Waals surface area contributed by atoms with E-state index in [4.69, 9.17) is 44.7 Å². The first-order chi connectivity index (χ1) is 15.2. The summed E-state index contributed by atoms with van der Waals surface area (Å²) in [5, 5.41) is 10.0. The van der Waals surface area contributed by atoms with Crippen molar-refractivity contribution in [3.8, 4) is 5.75 Å². The van der Waals surface area contributed by atoms with Crippen molar-refractivity contribution in [2.24, 2.45) is 5.14 Å². The van der Waals surface area contributed by atoms with Gasteiger partial charge >= 0.3 is 0 Å². The van der Waals surface area contributed by atoms with Gasteiger partial charge in [0.15, 0.2) is 5.75 Å². The summed E-state index contributed by atoms with van der Waals surface area (Å²) in [6, 6.07) is 17.4. The summed E-state index contributed by atoms with van der Waals surface area (Å²) in [6.45, 7) is 0. The minimum absolute atomic E-state index is 0.0282. The van der Waals surface area contributed by atoms with Gasteiger partial charge in [-0.05, 0) is 41.5 Å². The van der Waals surface area contributed by atoms with Crippen LogP contribution >= 0.6 is 46.6 Å². The third-order valence-corrected chi connectivity index (χ3v) is 8.27. The maximum Gasteiger partial charge on any atom is 0.238 e. The fourth-order valence-corrected chi connectivity index (χ4v) is 6.32. The second kappa shape index (κ2) is 8.82. The van der Waals surface area contributed by atoms with Crippen molar-refractivity contribution < 1.29 is 13.2 Å². The second-order valence-corrected chi connectivity index (χ2v) is 11.0. The molecule has 166 valence electrons. The maximum absolute atomic E-state index is 11.7. The Morgan fingerprint density at radius 1 is 0.969 bits per heavy atom. The third kappa shape index (κ3) is 4.21. The SMILES string of the molecule is COc1c(Cl)cc(C2=CNC(c3ccc(S(N)(=O)=O)cc3)(c3ccccc3Cl)S2)cc1Cl. The average Bonchev–Trinajstić information content (AvgIpc) is 3.20.